The Bertz CT molecular complexity index is 1270. The first-order chi connectivity index (χ1) is 16.9. The molecule has 6 nitrogen and oxygen atoms in total. The molecule has 35 heavy (non-hydrogen) atoms. The molecule has 0 aliphatic carbocycles. The number of ether oxygens (including phenoxy) is 1. The van der Waals surface area contributed by atoms with Gasteiger partial charge in [-0.05, 0) is 71.4 Å². The molecule has 1 N–H and O–H groups in total. The summed E-state index contributed by atoms with van der Waals surface area (Å²) in [6.07, 6.45) is 1.23. The van der Waals surface area contributed by atoms with E-state index in [9.17, 15) is 18.4 Å². The molecule has 0 saturated carbocycles. The van der Waals surface area contributed by atoms with Gasteiger partial charge in [0.05, 0.1) is 25.1 Å². The predicted molar refractivity (Wildman–Crippen MR) is 132 cm³/mol. The van der Waals surface area contributed by atoms with Crippen molar-refractivity contribution in [3.8, 4) is 5.75 Å². The standard InChI is InChI=1S/C26H21F2N3O3S/c1-34-22-12-10-21(11-13-22)30-24(32)14-23-25(33)31(16-18-4-8-20(28)9-5-18)26(35-23)29-15-17-2-6-19(27)7-3-17/h2-14H,15-16H2,1H3,(H,30,32)/b23-14-,29-26?. The van der Waals surface area contributed by atoms with E-state index < -0.39 is 5.91 Å². The van der Waals surface area contributed by atoms with Gasteiger partial charge in [-0.25, -0.2) is 8.78 Å². The molecule has 0 aromatic heterocycles. The van der Waals surface area contributed by atoms with Gasteiger partial charge in [0.2, 0.25) is 5.91 Å². The molecular formula is C26H21F2N3O3S. The Balaban J connectivity index is 1.54. The highest BCUT2D eigenvalue weighted by atomic mass is 32.2. The number of methoxy groups -OCH3 is 1. The first-order valence-electron chi connectivity index (χ1n) is 10.6. The van der Waals surface area contributed by atoms with Crippen molar-refractivity contribution in [2.24, 2.45) is 4.99 Å². The van der Waals surface area contributed by atoms with Gasteiger partial charge in [-0.15, -0.1) is 0 Å². The van der Waals surface area contributed by atoms with Crippen LogP contribution in [0.15, 0.2) is 88.8 Å². The summed E-state index contributed by atoms with van der Waals surface area (Å²) in [5.41, 5.74) is 2.03. The number of hydrogen-bond acceptors (Lipinski definition) is 5. The van der Waals surface area contributed by atoms with Gasteiger partial charge in [0.25, 0.3) is 5.91 Å². The normalized spacial score (nSPS) is 15.6. The minimum Gasteiger partial charge on any atom is -0.497 e. The molecule has 1 aliphatic heterocycles. The molecule has 0 spiro atoms. The van der Waals surface area contributed by atoms with E-state index in [1.54, 1.807) is 55.6 Å². The van der Waals surface area contributed by atoms with E-state index in [0.29, 0.717) is 22.2 Å². The molecular weight excluding hydrogens is 472 g/mol. The number of aliphatic imine (C=N–C) groups is 1. The zero-order valence-electron chi connectivity index (χ0n) is 18.7. The van der Waals surface area contributed by atoms with E-state index in [4.69, 9.17) is 4.74 Å². The van der Waals surface area contributed by atoms with E-state index in [1.165, 1.54) is 35.2 Å². The first kappa shape index (κ1) is 24.2. The number of amides is 2. The third kappa shape index (κ3) is 6.33. The predicted octanol–water partition coefficient (Wildman–Crippen LogP) is 5.13. The van der Waals surface area contributed by atoms with Crippen LogP contribution >= 0.6 is 11.8 Å². The lowest BCUT2D eigenvalue weighted by Gasteiger charge is -2.15. The van der Waals surface area contributed by atoms with E-state index in [-0.39, 0.29) is 35.5 Å². The first-order valence-corrected chi connectivity index (χ1v) is 11.4. The molecule has 9 heteroatoms. The van der Waals surface area contributed by atoms with Gasteiger partial charge in [0.1, 0.15) is 17.4 Å². The minimum absolute atomic E-state index is 0.159. The van der Waals surface area contributed by atoms with Crippen LogP contribution in [-0.2, 0) is 22.7 Å². The Hall–Kier alpha value is -3.98. The second kappa shape index (κ2) is 11.0. The molecule has 1 heterocycles. The highest BCUT2D eigenvalue weighted by Crippen LogP contribution is 2.32. The van der Waals surface area contributed by atoms with Gasteiger partial charge in [0, 0.05) is 11.8 Å². The van der Waals surface area contributed by atoms with Gasteiger partial charge in [-0.1, -0.05) is 24.3 Å². The van der Waals surface area contributed by atoms with Crippen LogP contribution in [0.25, 0.3) is 0 Å². The minimum atomic E-state index is -0.465. The van der Waals surface area contributed by atoms with Crippen molar-refractivity contribution in [1.29, 1.82) is 0 Å². The largest absolute Gasteiger partial charge is 0.497 e. The molecule has 178 valence electrons. The fourth-order valence-electron chi connectivity index (χ4n) is 3.26. The molecule has 0 unspecified atom stereocenters. The van der Waals surface area contributed by atoms with Gasteiger partial charge in [0.15, 0.2) is 5.17 Å². The van der Waals surface area contributed by atoms with Gasteiger partial charge < -0.3 is 10.1 Å². The lowest BCUT2D eigenvalue weighted by Crippen LogP contribution is -2.29. The van der Waals surface area contributed by atoms with Gasteiger partial charge >= 0.3 is 0 Å². The molecule has 0 bridgehead atoms. The van der Waals surface area contributed by atoms with Crippen molar-refractivity contribution in [2.45, 2.75) is 13.1 Å². The number of rotatable bonds is 7. The molecule has 1 saturated heterocycles. The third-order valence-corrected chi connectivity index (χ3v) is 6.12. The Morgan fingerprint density at radius 1 is 0.971 bits per heavy atom. The Morgan fingerprint density at radius 3 is 2.17 bits per heavy atom. The maximum Gasteiger partial charge on any atom is 0.267 e. The smallest absolute Gasteiger partial charge is 0.267 e. The van der Waals surface area contributed by atoms with E-state index in [0.717, 1.165) is 17.3 Å². The van der Waals surface area contributed by atoms with Crippen molar-refractivity contribution in [3.05, 3.63) is 107 Å². The van der Waals surface area contributed by atoms with Crippen LogP contribution in [0.5, 0.6) is 5.75 Å². The summed E-state index contributed by atoms with van der Waals surface area (Å²) in [4.78, 5) is 31.9. The third-order valence-electron chi connectivity index (χ3n) is 5.07. The van der Waals surface area contributed by atoms with Crippen molar-refractivity contribution in [3.63, 3.8) is 0 Å². The monoisotopic (exact) mass is 493 g/mol. The number of carbonyl (C=O) groups excluding carboxylic acids is 2. The zero-order chi connectivity index (χ0) is 24.8. The summed E-state index contributed by atoms with van der Waals surface area (Å²) in [5.74, 6) is -0.925. The molecule has 2 amide bonds. The maximum atomic E-state index is 13.3. The van der Waals surface area contributed by atoms with E-state index >= 15 is 0 Å². The van der Waals surface area contributed by atoms with Crippen molar-refractivity contribution >= 4 is 34.4 Å². The Morgan fingerprint density at radius 2 is 1.57 bits per heavy atom. The number of thioether (sulfide) groups is 1. The van der Waals surface area contributed by atoms with E-state index in [2.05, 4.69) is 10.3 Å². The van der Waals surface area contributed by atoms with Crippen LogP contribution in [0.2, 0.25) is 0 Å². The lowest BCUT2D eigenvalue weighted by atomic mass is 10.2. The molecule has 0 atom stereocenters. The second-order valence-corrected chi connectivity index (χ2v) is 8.58. The van der Waals surface area contributed by atoms with Crippen molar-refractivity contribution in [1.82, 2.24) is 4.90 Å². The number of anilines is 1. The summed E-state index contributed by atoms with van der Waals surface area (Å²) >= 11 is 1.08. The second-order valence-electron chi connectivity index (χ2n) is 7.57. The summed E-state index contributed by atoms with van der Waals surface area (Å²) in [5, 5.41) is 3.11. The van der Waals surface area contributed by atoms with Crippen LogP contribution < -0.4 is 10.1 Å². The SMILES string of the molecule is COc1ccc(NC(=O)/C=C2\SC(=NCc3ccc(F)cc3)N(Cc3ccc(F)cc3)C2=O)cc1. The zero-order valence-corrected chi connectivity index (χ0v) is 19.5. The summed E-state index contributed by atoms with van der Waals surface area (Å²) in [6, 6.07) is 18.5. The van der Waals surface area contributed by atoms with Gasteiger partial charge in [-0.3, -0.25) is 19.5 Å². The molecule has 4 rings (SSSR count). The highest BCUT2D eigenvalue weighted by molar-refractivity contribution is 8.18. The average Bonchev–Trinajstić information content (AvgIpc) is 3.14. The average molecular weight is 494 g/mol. The van der Waals surface area contributed by atoms with Crippen LogP contribution in [0.4, 0.5) is 14.5 Å². The van der Waals surface area contributed by atoms with E-state index in [1.807, 2.05) is 0 Å². The number of benzene rings is 3. The number of amidine groups is 1. The molecule has 0 radical (unpaired) electrons. The summed E-state index contributed by atoms with van der Waals surface area (Å²) < 4.78 is 31.6. The molecule has 3 aromatic rings. The maximum absolute atomic E-state index is 13.3. The number of halogens is 2. The quantitative estimate of drug-likeness (QED) is 0.464. The Labute approximate surface area is 205 Å². The molecule has 1 fully saturated rings. The van der Waals surface area contributed by atoms with Crippen molar-refractivity contribution < 1.29 is 23.1 Å². The fraction of sp³-hybridized carbons (Fsp3) is 0.115. The van der Waals surface area contributed by atoms with Crippen LogP contribution in [0.3, 0.4) is 0 Å². The number of nitrogens with zero attached hydrogens (tertiary/aromatic N) is 2. The van der Waals surface area contributed by atoms with Crippen LogP contribution in [0, 0.1) is 11.6 Å². The highest BCUT2D eigenvalue weighted by Gasteiger charge is 2.34. The van der Waals surface area contributed by atoms with Crippen LogP contribution in [-0.4, -0.2) is 29.0 Å². The lowest BCUT2D eigenvalue weighted by molar-refractivity contribution is -0.123. The Kier molecular flexibility index (Phi) is 7.57. The summed E-state index contributed by atoms with van der Waals surface area (Å²) in [6.45, 7) is 0.382. The van der Waals surface area contributed by atoms with Crippen LogP contribution in [0.1, 0.15) is 11.1 Å². The molecule has 1 aliphatic rings. The molecule has 3 aromatic carbocycles. The number of nitrogens with one attached hydrogen (secondary N) is 1. The van der Waals surface area contributed by atoms with Crippen molar-refractivity contribution in [2.75, 3.05) is 12.4 Å². The number of carbonyl (C=O) groups is 2. The fourth-order valence-corrected chi connectivity index (χ4v) is 4.21. The van der Waals surface area contributed by atoms with Gasteiger partial charge in [-0.2, -0.15) is 0 Å². The number of hydrogen-bond donors (Lipinski definition) is 1. The topological polar surface area (TPSA) is 71.0 Å². The summed E-state index contributed by atoms with van der Waals surface area (Å²) in [7, 11) is 1.55.